The van der Waals surface area contributed by atoms with Crippen molar-refractivity contribution in [1.82, 2.24) is 5.32 Å². The van der Waals surface area contributed by atoms with Crippen LogP contribution < -0.4 is 5.32 Å². The van der Waals surface area contributed by atoms with E-state index in [2.05, 4.69) is 5.32 Å². The fourth-order valence-electron chi connectivity index (χ4n) is 1.74. The Morgan fingerprint density at radius 3 is 2.54 bits per heavy atom. The second kappa shape index (κ2) is 2.55. The van der Waals surface area contributed by atoms with Gasteiger partial charge in [0.2, 0.25) is 5.91 Å². The summed E-state index contributed by atoms with van der Waals surface area (Å²) in [4.78, 5) is 22.6. The van der Waals surface area contributed by atoms with Crippen molar-refractivity contribution >= 4 is 11.7 Å². The average molecular weight is 177 g/mol. The molecule has 1 aliphatic heterocycles. The number of carbonyl (C=O) groups excluding carboxylic acids is 2. The van der Waals surface area contributed by atoms with E-state index < -0.39 is 0 Å². The number of nitrogens with one attached hydrogen (secondary N) is 1. The maximum absolute atomic E-state index is 11.3. The number of carbonyl (C=O) groups is 2. The van der Waals surface area contributed by atoms with E-state index in [4.69, 9.17) is 0 Å². The summed E-state index contributed by atoms with van der Waals surface area (Å²) in [5.41, 5.74) is 1.77. The summed E-state index contributed by atoms with van der Waals surface area (Å²) in [5, 5.41) is 2.75. The first kappa shape index (κ1) is 8.23. The average Bonchev–Trinajstić information content (AvgIpc) is 2.38. The maximum Gasteiger partial charge on any atom is 0.231 e. The molecule has 1 N–H and O–H groups in total. The lowest BCUT2D eigenvalue weighted by atomic mass is 9.90. The molecule has 68 valence electrons. The Bertz CT molecular complexity index is 352. The molecule has 0 aromatic carbocycles. The topological polar surface area (TPSA) is 46.2 Å². The minimum absolute atomic E-state index is 0.00352. The summed E-state index contributed by atoms with van der Waals surface area (Å²) >= 11 is 0. The quantitative estimate of drug-likeness (QED) is 0.594. The lowest BCUT2D eigenvalue weighted by molar-refractivity contribution is -0.121. The van der Waals surface area contributed by atoms with Crippen molar-refractivity contribution in [2.75, 3.05) is 0 Å². The summed E-state index contributed by atoms with van der Waals surface area (Å²) in [7, 11) is 0. The molecule has 2 atom stereocenters. The van der Waals surface area contributed by atoms with Crippen molar-refractivity contribution in [3.05, 3.63) is 23.4 Å². The lowest BCUT2D eigenvalue weighted by Crippen LogP contribution is -2.25. The normalized spacial score (nSPS) is 32.2. The van der Waals surface area contributed by atoms with Crippen LogP contribution in [0.4, 0.5) is 0 Å². The van der Waals surface area contributed by atoms with Gasteiger partial charge >= 0.3 is 0 Å². The maximum atomic E-state index is 11.3. The predicted octanol–water partition coefficient (Wildman–Crippen LogP) is 0.781. The monoisotopic (exact) mass is 177 g/mol. The molecular weight excluding hydrogens is 166 g/mol. The predicted molar refractivity (Wildman–Crippen MR) is 47.6 cm³/mol. The van der Waals surface area contributed by atoms with Gasteiger partial charge in [-0.05, 0) is 25.5 Å². The van der Waals surface area contributed by atoms with Crippen LogP contribution in [0.15, 0.2) is 23.4 Å². The van der Waals surface area contributed by atoms with Gasteiger partial charge in [0.25, 0.3) is 0 Å². The van der Waals surface area contributed by atoms with Gasteiger partial charge in [-0.3, -0.25) is 9.59 Å². The first-order chi connectivity index (χ1) is 6.11. The fourth-order valence-corrected chi connectivity index (χ4v) is 1.74. The molecule has 2 rings (SSSR count). The molecule has 1 heterocycles. The van der Waals surface area contributed by atoms with Crippen LogP contribution in [-0.2, 0) is 9.59 Å². The van der Waals surface area contributed by atoms with Crippen LogP contribution >= 0.6 is 0 Å². The first-order valence-corrected chi connectivity index (χ1v) is 4.38. The Morgan fingerprint density at radius 1 is 1.15 bits per heavy atom. The second-order valence-electron chi connectivity index (χ2n) is 3.54. The highest BCUT2D eigenvalue weighted by Crippen LogP contribution is 2.30. The zero-order chi connectivity index (χ0) is 9.59. The van der Waals surface area contributed by atoms with E-state index in [-0.39, 0.29) is 23.5 Å². The van der Waals surface area contributed by atoms with Crippen LogP contribution in [0.5, 0.6) is 0 Å². The molecule has 3 nitrogen and oxygen atoms in total. The van der Waals surface area contributed by atoms with E-state index in [1.807, 2.05) is 13.8 Å². The van der Waals surface area contributed by atoms with Gasteiger partial charge in [-0.2, -0.15) is 0 Å². The summed E-state index contributed by atoms with van der Waals surface area (Å²) < 4.78 is 0. The molecule has 0 saturated heterocycles. The standard InChI is InChI=1S/C10H11NO2/c1-5-7-3-4-8(12)6(2)9(7)11-10(5)13/h3-6H,1-2H3,(H,11,13). The number of rotatable bonds is 0. The molecule has 3 heteroatoms. The van der Waals surface area contributed by atoms with Gasteiger partial charge in [0.05, 0.1) is 11.8 Å². The van der Waals surface area contributed by atoms with Gasteiger partial charge in [0.15, 0.2) is 5.78 Å². The van der Waals surface area contributed by atoms with Gasteiger partial charge in [-0.25, -0.2) is 0 Å². The third-order valence-electron chi connectivity index (χ3n) is 2.72. The highest BCUT2D eigenvalue weighted by molar-refractivity contribution is 5.99. The van der Waals surface area contributed by atoms with Crippen molar-refractivity contribution in [2.45, 2.75) is 13.8 Å². The molecule has 0 bridgehead atoms. The Morgan fingerprint density at radius 2 is 1.85 bits per heavy atom. The van der Waals surface area contributed by atoms with Crippen molar-refractivity contribution in [1.29, 1.82) is 0 Å². The van der Waals surface area contributed by atoms with Crippen molar-refractivity contribution in [2.24, 2.45) is 11.8 Å². The third-order valence-corrected chi connectivity index (χ3v) is 2.72. The molecule has 0 aromatic heterocycles. The molecule has 1 aliphatic carbocycles. The highest BCUT2D eigenvalue weighted by Gasteiger charge is 2.34. The SMILES string of the molecule is CC1C(=O)NC2=C1C=CC(=O)C2C. The zero-order valence-corrected chi connectivity index (χ0v) is 7.63. The van der Waals surface area contributed by atoms with Gasteiger partial charge in [0, 0.05) is 5.70 Å². The minimum Gasteiger partial charge on any atom is -0.328 e. The Balaban J connectivity index is 2.43. The van der Waals surface area contributed by atoms with Gasteiger partial charge < -0.3 is 5.32 Å². The Kier molecular flexibility index (Phi) is 1.62. The molecule has 0 fully saturated rings. The zero-order valence-electron chi connectivity index (χ0n) is 7.63. The van der Waals surface area contributed by atoms with E-state index in [1.165, 1.54) is 0 Å². The molecule has 0 saturated carbocycles. The number of allylic oxidation sites excluding steroid dienone is 3. The molecule has 0 spiro atoms. The van der Waals surface area contributed by atoms with Crippen molar-refractivity contribution in [3.8, 4) is 0 Å². The van der Waals surface area contributed by atoms with Crippen LogP contribution in [-0.4, -0.2) is 11.7 Å². The third kappa shape index (κ3) is 1.03. The summed E-state index contributed by atoms with van der Waals surface area (Å²) in [6.45, 7) is 3.67. The molecule has 1 amide bonds. The van der Waals surface area contributed by atoms with E-state index in [1.54, 1.807) is 12.2 Å². The molecular formula is C10H11NO2. The van der Waals surface area contributed by atoms with Crippen LogP contribution in [0, 0.1) is 11.8 Å². The molecule has 2 aliphatic rings. The molecule has 13 heavy (non-hydrogen) atoms. The number of hydrogen-bond donors (Lipinski definition) is 1. The van der Waals surface area contributed by atoms with Gasteiger partial charge in [0.1, 0.15) is 0 Å². The van der Waals surface area contributed by atoms with E-state index in [0.29, 0.717) is 0 Å². The molecule has 0 radical (unpaired) electrons. The summed E-state index contributed by atoms with van der Waals surface area (Å²) in [5.74, 6) is -0.236. The van der Waals surface area contributed by atoms with Gasteiger partial charge in [-0.1, -0.05) is 6.08 Å². The van der Waals surface area contributed by atoms with E-state index >= 15 is 0 Å². The Hall–Kier alpha value is -1.38. The van der Waals surface area contributed by atoms with Crippen LogP contribution in [0.2, 0.25) is 0 Å². The van der Waals surface area contributed by atoms with E-state index in [0.717, 1.165) is 11.3 Å². The first-order valence-electron chi connectivity index (χ1n) is 4.38. The van der Waals surface area contributed by atoms with Crippen molar-refractivity contribution in [3.63, 3.8) is 0 Å². The fraction of sp³-hybridized carbons (Fsp3) is 0.400. The van der Waals surface area contributed by atoms with Crippen LogP contribution in [0.25, 0.3) is 0 Å². The van der Waals surface area contributed by atoms with E-state index in [9.17, 15) is 9.59 Å². The van der Waals surface area contributed by atoms with Crippen LogP contribution in [0.1, 0.15) is 13.8 Å². The summed E-state index contributed by atoms with van der Waals surface area (Å²) in [6, 6.07) is 0. The van der Waals surface area contributed by atoms with Crippen molar-refractivity contribution < 1.29 is 9.59 Å². The number of amides is 1. The van der Waals surface area contributed by atoms with Gasteiger partial charge in [-0.15, -0.1) is 0 Å². The highest BCUT2D eigenvalue weighted by atomic mass is 16.2. The second-order valence-corrected chi connectivity index (χ2v) is 3.54. The lowest BCUT2D eigenvalue weighted by Gasteiger charge is -2.14. The largest absolute Gasteiger partial charge is 0.328 e. The number of hydrogen-bond acceptors (Lipinski definition) is 2. The Labute approximate surface area is 76.5 Å². The summed E-state index contributed by atoms with van der Waals surface area (Å²) in [6.07, 6.45) is 3.31. The van der Waals surface area contributed by atoms with Crippen LogP contribution in [0.3, 0.4) is 0 Å². The molecule has 2 unspecified atom stereocenters. The number of ketones is 1. The molecule has 0 aromatic rings. The minimum atomic E-state index is -0.186. The smallest absolute Gasteiger partial charge is 0.231 e.